The largest absolute Gasteiger partial charge is 0.311 e. The Morgan fingerprint density at radius 3 is 1.10 bits per heavy atom. The zero-order chi connectivity index (χ0) is 55.7. The number of anilines is 6. The van der Waals surface area contributed by atoms with E-state index in [2.05, 4.69) is 295 Å². The van der Waals surface area contributed by atoms with Gasteiger partial charge in [-0.15, -0.1) is 0 Å². The first kappa shape index (κ1) is 50.4. The lowest BCUT2D eigenvalue weighted by molar-refractivity contribution is 0.568. The van der Waals surface area contributed by atoms with Crippen LogP contribution in [0.3, 0.4) is 0 Å². The molecule has 3 heteroatoms. The summed E-state index contributed by atoms with van der Waals surface area (Å²) in [6, 6.07) is 74.1. The van der Waals surface area contributed by atoms with Crippen LogP contribution >= 0.6 is 0 Å². The van der Waals surface area contributed by atoms with E-state index in [-0.39, 0.29) is 33.8 Å². The second-order valence-corrected chi connectivity index (χ2v) is 28.4. The van der Waals surface area contributed by atoms with Gasteiger partial charge in [0.05, 0.1) is 0 Å². The van der Waals surface area contributed by atoms with Crippen molar-refractivity contribution >= 4 is 100 Å². The molecule has 1 aliphatic carbocycles. The van der Waals surface area contributed by atoms with Gasteiger partial charge in [0.15, 0.2) is 0 Å². The Balaban J connectivity index is 1.16. The summed E-state index contributed by atoms with van der Waals surface area (Å²) in [6.45, 7) is 33.1. The number of nitrogens with zero attached hydrogens (tertiary/aromatic N) is 2. The van der Waals surface area contributed by atoms with Gasteiger partial charge in [0.1, 0.15) is 0 Å². The third kappa shape index (κ3) is 7.89. The highest BCUT2D eigenvalue weighted by Gasteiger charge is 2.45. The first-order valence-electron chi connectivity index (χ1n) is 29.2. The van der Waals surface area contributed by atoms with E-state index >= 15 is 0 Å². The average Bonchev–Trinajstić information content (AvgIpc) is 3.77. The maximum absolute atomic E-state index is 2.68. The number of hydrogen-bond donors (Lipinski definition) is 0. The standard InChI is InChI=1S/C77H73BN2/c1-73(2,3)56-40-57(74(4,5)6)43-60(42-56)79-68-36-53-31-48-23-17-15-21-46(48)29-51(53)34-66(68)78-67-35-52-30-47-22-16-18-24-49(47)32-54(52)37-69(67)80(61-44-58(75(7,8)9)41-59(45-61)76(10,11)12)71-39-55(38-70(79)72(71)78)50-27-28-65-63(33-50)62-25-19-20-26-64(62)77(65,13)14/h15-45H,1-14H3. The fourth-order valence-corrected chi connectivity index (χ4v) is 13.7. The second kappa shape index (κ2) is 17.1. The molecule has 394 valence electrons. The van der Waals surface area contributed by atoms with Crippen molar-refractivity contribution in [1.82, 2.24) is 0 Å². The van der Waals surface area contributed by atoms with Crippen LogP contribution < -0.4 is 26.2 Å². The van der Waals surface area contributed by atoms with Gasteiger partial charge in [-0.25, -0.2) is 0 Å². The zero-order valence-corrected chi connectivity index (χ0v) is 49.4. The highest BCUT2D eigenvalue weighted by molar-refractivity contribution is 7.00. The topological polar surface area (TPSA) is 6.48 Å². The predicted octanol–water partition coefficient (Wildman–Crippen LogP) is 19.5. The maximum Gasteiger partial charge on any atom is 0.252 e. The lowest BCUT2D eigenvalue weighted by atomic mass is 9.33. The van der Waals surface area contributed by atoms with E-state index in [0.29, 0.717) is 0 Å². The molecule has 11 aromatic rings. The molecule has 0 amide bonds. The highest BCUT2D eigenvalue weighted by Crippen LogP contribution is 2.53. The van der Waals surface area contributed by atoms with Crippen LogP contribution in [0.2, 0.25) is 0 Å². The Morgan fingerprint density at radius 1 is 0.312 bits per heavy atom. The van der Waals surface area contributed by atoms with Crippen LogP contribution in [0.5, 0.6) is 0 Å². The normalized spacial score (nSPS) is 14.7. The molecule has 0 radical (unpaired) electrons. The number of fused-ring (bicyclic) bond motifs is 11. The van der Waals surface area contributed by atoms with Crippen molar-refractivity contribution in [2.24, 2.45) is 0 Å². The molecule has 0 fully saturated rings. The van der Waals surface area contributed by atoms with Crippen molar-refractivity contribution in [3.63, 3.8) is 0 Å². The summed E-state index contributed by atoms with van der Waals surface area (Å²) in [6.07, 6.45) is 0. The fourth-order valence-electron chi connectivity index (χ4n) is 13.7. The summed E-state index contributed by atoms with van der Waals surface area (Å²) in [7, 11) is 0. The summed E-state index contributed by atoms with van der Waals surface area (Å²) in [5.41, 5.74) is 24.0. The predicted molar refractivity (Wildman–Crippen MR) is 348 cm³/mol. The quantitative estimate of drug-likeness (QED) is 0.129. The second-order valence-electron chi connectivity index (χ2n) is 28.4. The minimum atomic E-state index is -0.103. The molecule has 0 saturated heterocycles. The van der Waals surface area contributed by atoms with Gasteiger partial charge in [-0.2, -0.15) is 0 Å². The lowest BCUT2D eigenvalue weighted by Crippen LogP contribution is -2.61. The molecule has 2 nitrogen and oxygen atoms in total. The minimum absolute atomic E-state index is 0.0910. The Bertz CT molecular complexity index is 4150. The lowest BCUT2D eigenvalue weighted by Gasteiger charge is -2.45. The van der Waals surface area contributed by atoms with Crippen molar-refractivity contribution in [2.75, 3.05) is 9.80 Å². The average molecular weight is 1040 g/mol. The highest BCUT2D eigenvalue weighted by atomic mass is 15.2. The molecule has 0 atom stereocenters. The summed E-state index contributed by atoms with van der Waals surface area (Å²) in [4.78, 5) is 5.37. The van der Waals surface area contributed by atoms with Gasteiger partial charge in [0.2, 0.25) is 0 Å². The van der Waals surface area contributed by atoms with Gasteiger partial charge in [-0.3, -0.25) is 0 Å². The molecule has 3 aliphatic rings. The minimum Gasteiger partial charge on any atom is -0.311 e. The third-order valence-corrected chi connectivity index (χ3v) is 18.4. The third-order valence-electron chi connectivity index (χ3n) is 18.4. The van der Waals surface area contributed by atoms with Crippen LogP contribution in [0.1, 0.15) is 130 Å². The van der Waals surface area contributed by atoms with Gasteiger partial charge in [0, 0.05) is 39.5 Å². The van der Waals surface area contributed by atoms with Crippen LogP contribution in [0, 0.1) is 0 Å². The van der Waals surface area contributed by atoms with E-state index in [9.17, 15) is 0 Å². The van der Waals surface area contributed by atoms with Gasteiger partial charge in [-0.05, 0) is 216 Å². The molecule has 0 spiro atoms. The number of benzene rings is 11. The molecular weight excluding hydrogens is 964 g/mol. The number of hydrogen-bond acceptors (Lipinski definition) is 2. The summed E-state index contributed by atoms with van der Waals surface area (Å²) < 4.78 is 0. The van der Waals surface area contributed by atoms with E-state index in [4.69, 9.17) is 0 Å². The van der Waals surface area contributed by atoms with Crippen molar-refractivity contribution in [2.45, 2.75) is 124 Å². The van der Waals surface area contributed by atoms with Crippen LogP contribution in [0.15, 0.2) is 188 Å². The van der Waals surface area contributed by atoms with Crippen LogP contribution in [-0.2, 0) is 27.1 Å². The SMILES string of the molecule is CC(C)(C)c1cc(N2c3cc4cc5ccccc5cc4cc3B3c4cc5cc6ccccc6cc5cc4N(c4cc(C(C)(C)C)cc(C(C)(C)C)c4)c4cc(-c5ccc6c(c5)-c5ccccc5C6(C)C)cc2c43)cc(C(C)(C)C)c1. The molecule has 0 saturated carbocycles. The van der Waals surface area contributed by atoms with Gasteiger partial charge >= 0.3 is 0 Å². The van der Waals surface area contributed by atoms with E-state index in [0.717, 1.165) is 0 Å². The molecule has 0 aromatic heterocycles. The van der Waals surface area contributed by atoms with E-state index in [1.807, 2.05) is 0 Å². The molecular formula is C77H73BN2. The molecule has 0 N–H and O–H groups in total. The molecule has 0 unspecified atom stereocenters. The van der Waals surface area contributed by atoms with Crippen molar-refractivity contribution < 1.29 is 0 Å². The molecule has 14 rings (SSSR count). The molecule has 11 aromatic carbocycles. The first-order valence-corrected chi connectivity index (χ1v) is 29.2. The Labute approximate surface area is 475 Å². The van der Waals surface area contributed by atoms with Crippen molar-refractivity contribution in [3.05, 3.63) is 221 Å². The Hall–Kier alpha value is -7.88. The molecule has 0 bridgehead atoms. The van der Waals surface area contributed by atoms with E-state index in [1.54, 1.807) is 0 Å². The fraction of sp³-hybridized carbons (Fsp3) is 0.247. The molecule has 80 heavy (non-hydrogen) atoms. The Kier molecular flexibility index (Phi) is 10.7. The zero-order valence-electron chi connectivity index (χ0n) is 49.4. The summed E-state index contributed by atoms with van der Waals surface area (Å²) in [5, 5.41) is 10.0. The smallest absolute Gasteiger partial charge is 0.252 e. The van der Waals surface area contributed by atoms with Crippen molar-refractivity contribution in [1.29, 1.82) is 0 Å². The Morgan fingerprint density at radius 2 is 0.688 bits per heavy atom. The number of rotatable bonds is 3. The first-order chi connectivity index (χ1) is 37.9. The maximum atomic E-state index is 2.68. The summed E-state index contributed by atoms with van der Waals surface area (Å²) in [5.74, 6) is 0. The molecule has 2 aliphatic heterocycles. The molecule has 2 heterocycles. The van der Waals surface area contributed by atoms with Crippen LogP contribution in [-0.4, -0.2) is 6.71 Å². The van der Waals surface area contributed by atoms with E-state index < -0.39 is 0 Å². The van der Waals surface area contributed by atoms with Gasteiger partial charge in [0.25, 0.3) is 6.71 Å². The van der Waals surface area contributed by atoms with Crippen LogP contribution in [0.25, 0.3) is 65.3 Å². The van der Waals surface area contributed by atoms with Gasteiger partial charge < -0.3 is 9.80 Å². The van der Waals surface area contributed by atoms with Gasteiger partial charge in [-0.1, -0.05) is 206 Å². The monoisotopic (exact) mass is 1040 g/mol. The van der Waals surface area contributed by atoms with E-state index in [1.165, 1.54) is 149 Å². The van der Waals surface area contributed by atoms with Crippen molar-refractivity contribution in [3.8, 4) is 22.3 Å². The van der Waals surface area contributed by atoms with Crippen LogP contribution in [0.4, 0.5) is 34.1 Å². The summed E-state index contributed by atoms with van der Waals surface area (Å²) >= 11 is 0.